The van der Waals surface area contributed by atoms with Gasteiger partial charge in [-0.25, -0.2) is 0 Å². The molecular weight excluding hydrogens is 431 g/mol. The van der Waals surface area contributed by atoms with Gasteiger partial charge in [-0.1, -0.05) is 19.4 Å². The van der Waals surface area contributed by atoms with Crippen LogP contribution in [0.3, 0.4) is 0 Å². The molecule has 7 heteroatoms. The van der Waals surface area contributed by atoms with Gasteiger partial charge in [-0.2, -0.15) is 0 Å². The number of fused-ring (bicyclic) bond motifs is 1. The van der Waals surface area contributed by atoms with Crippen LogP contribution in [0.4, 0.5) is 0 Å². The van der Waals surface area contributed by atoms with E-state index in [4.69, 9.17) is 9.47 Å². The predicted octanol–water partition coefficient (Wildman–Crippen LogP) is 2.77. The molecular formula is C18H31IN4O2. The summed E-state index contributed by atoms with van der Waals surface area (Å²) < 4.78 is 10.8. The fraction of sp³-hybridized carbons (Fsp3) is 0.611. The van der Waals surface area contributed by atoms with E-state index in [-0.39, 0.29) is 24.0 Å². The molecule has 0 aliphatic carbocycles. The number of aliphatic imine (C=N–C) groups is 1. The maximum Gasteiger partial charge on any atom is 0.231 e. The van der Waals surface area contributed by atoms with E-state index in [9.17, 15) is 0 Å². The summed E-state index contributed by atoms with van der Waals surface area (Å²) in [5.41, 5.74) is 1.17. The first-order chi connectivity index (χ1) is 11.6. The minimum absolute atomic E-state index is 0. The van der Waals surface area contributed by atoms with Crippen molar-refractivity contribution in [3.8, 4) is 11.5 Å². The molecule has 2 rings (SSSR count). The molecule has 1 aromatic rings. The van der Waals surface area contributed by atoms with Crippen LogP contribution in [0.2, 0.25) is 0 Å². The molecule has 1 aliphatic rings. The summed E-state index contributed by atoms with van der Waals surface area (Å²) in [4.78, 5) is 8.84. The van der Waals surface area contributed by atoms with Crippen molar-refractivity contribution in [3.63, 3.8) is 0 Å². The third-order valence-corrected chi connectivity index (χ3v) is 4.10. The minimum atomic E-state index is 0. The lowest BCUT2D eigenvalue weighted by Gasteiger charge is -2.23. The number of likely N-dealkylation sites (N-methyl/N-ethyl adjacent to an activating group) is 1. The molecule has 0 radical (unpaired) electrons. The Morgan fingerprint density at radius 2 is 1.96 bits per heavy atom. The molecule has 0 bridgehead atoms. The standard InChI is InChI=1S/C18H30N4O2.HI/c1-5-6-10-21(3)11-9-20-18(19-2)22(4)13-15-7-8-16-17(12-15)24-14-23-16;/h7-8,12H,5-6,9-11,13-14H2,1-4H3,(H,19,20);1H. The zero-order valence-electron chi connectivity index (χ0n) is 15.7. The van der Waals surface area contributed by atoms with E-state index in [1.165, 1.54) is 18.4 Å². The largest absolute Gasteiger partial charge is 0.454 e. The van der Waals surface area contributed by atoms with Gasteiger partial charge in [-0.15, -0.1) is 24.0 Å². The maximum atomic E-state index is 5.44. The molecule has 0 unspecified atom stereocenters. The van der Waals surface area contributed by atoms with Gasteiger partial charge in [0.05, 0.1) is 0 Å². The lowest BCUT2D eigenvalue weighted by atomic mass is 10.2. The number of nitrogens with one attached hydrogen (secondary N) is 1. The SMILES string of the molecule is CCCCN(C)CCNC(=NC)N(C)Cc1ccc2c(c1)OCO2.I. The van der Waals surface area contributed by atoms with Crippen LogP contribution in [0, 0.1) is 0 Å². The second-order valence-electron chi connectivity index (χ2n) is 6.17. The van der Waals surface area contributed by atoms with Crippen molar-refractivity contribution in [2.45, 2.75) is 26.3 Å². The highest BCUT2D eigenvalue weighted by molar-refractivity contribution is 14.0. The van der Waals surface area contributed by atoms with E-state index in [0.29, 0.717) is 6.79 Å². The molecule has 25 heavy (non-hydrogen) atoms. The van der Waals surface area contributed by atoms with Gasteiger partial charge in [-0.3, -0.25) is 4.99 Å². The fourth-order valence-corrected chi connectivity index (χ4v) is 2.67. The fourth-order valence-electron chi connectivity index (χ4n) is 2.67. The third-order valence-electron chi connectivity index (χ3n) is 4.10. The number of halogens is 1. The Bertz CT molecular complexity index is 554. The summed E-state index contributed by atoms with van der Waals surface area (Å²) in [5, 5.41) is 3.43. The number of rotatable bonds is 8. The van der Waals surface area contributed by atoms with Gasteiger partial charge in [0, 0.05) is 33.7 Å². The number of unbranched alkanes of at least 4 members (excludes halogenated alkanes) is 1. The first-order valence-electron chi connectivity index (χ1n) is 8.63. The van der Waals surface area contributed by atoms with Gasteiger partial charge < -0.3 is 24.6 Å². The smallest absolute Gasteiger partial charge is 0.231 e. The summed E-state index contributed by atoms with van der Waals surface area (Å²) in [5.74, 6) is 2.54. The van der Waals surface area contributed by atoms with E-state index < -0.39 is 0 Å². The lowest BCUT2D eigenvalue weighted by molar-refractivity contribution is 0.174. The zero-order chi connectivity index (χ0) is 17.4. The average molecular weight is 462 g/mol. The molecule has 1 aromatic carbocycles. The Balaban J connectivity index is 0.00000312. The Labute approximate surface area is 168 Å². The number of guanidine groups is 1. The van der Waals surface area contributed by atoms with Gasteiger partial charge in [-0.05, 0) is 37.7 Å². The van der Waals surface area contributed by atoms with Crippen molar-refractivity contribution in [1.82, 2.24) is 15.1 Å². The van der Waals surface area contributed by atoms with Crippen molar-refractivity contribution >= 4 is 29.9 Å². The molecule has 0 saturated carbocycles. The first-order valence-corrected chi connectivity index (χ1v) is 8.63. The average Bonchev–Trinajstić information content (AvgIpc) is 3.04. The molecule has 0 amide bonds. The number of ether oxygens (including phenoxy) is 2. The van der Waals surface area contributed by atoms with Crippen molar-refractivity contribution in [3.05, 3.63) is 23.8 Å². The van der Waals surface area contributed by atoms with Crippen LogP contribution in [0.25, 0.3) is 0 Å². The van der Waals surface area contributed by atoms with Gasteiger partial charge in [0.15, 0.2) is 17.5 Å². The van der Waals surface area contributed by atoms with Crippen LogP contribution < -0.4 is 14.8 Å². The molecule has 1 aliphatic heterocycles. The minimum Gasteiger partial charge on any atom is -0.454 e. The van der Waals surface area contributed by atoms with Crippen molar-refractivity contribution in [2.24, 2.45) is 4.99 Å². The van der Waals surface area contributed by atoms with Gasteiger partial charge >= 0.3 is 0 Å². The van der Waals surface area contributed by atoms with Crippen molar-refractivity contribution in [2.75, 3.05) is 47.6 Å². The maximum absolute atomic E-state index is 5.44. The zero-order valence-corrected chi connectivity index (χ0v) is 18.1. The summed E-state index contributed by atoms with van der Waals surface area (Å²) in [6, 6.07) is 6.06. The lowest BCUT2D eigenvalue weighted by Crippen LogP contribution is -2.41. The summed E-state index contributed by atoms with van der Waals surface area (Å²) >= 11 is 0. The Hall–Kier alpha value is -1.22. The highest BCUT2D eigenvalue weighted by atomic mass is 127. The van der Waals surface area contributed by atoms with E-state index in [1.807, 2.05) is 26.2 Å². The quantitative estimate of drug-likeness (QED) is 0.366. The third kappa shape index (κ3) is 6.89. The summed E-state index contributed by atoms with van der Waals surface area (Å²) in [6.07, 6.45) is 2.48. The van der Waals surface area contributed by atoms with E-state index in [2.05, 4.69) is 40.1 Å². The molecule has 142 valence electrons. The second-order valence-corrected chi connectivity index (χ2v) is 6.17. The first kappa shape index (κ1) is 21.8. The van der Waals surface area contributed by atoms with Crippen LogP contribution >= 0.6 is 24.0 Å². The number of nitrogens with zero attached hydrogens (tertiary/aromatic N) is 3. The number of benzene rings is 1. The molecule has 0 fully saturated rings. The van der Waals surface area contributed by atoms with Crippen LogP contribution in [0.1, 0.15) is 25.3 Å². The van der Waals surface area contributed by atoms with E-state index >= 15 is 0 Å². The normalized spacial score (nSPS) is 12.9. The van der Waals surface area contributed by atoms with Crippen LogP contribution in [-0.2, 0) is 6.54 Å². The van der Waals surface area contributed by atoms with Crippen LogP contribution in [-0.4, -0.2) is 63.3 Å². The molecule has 0 atom stereocenters. The van der Waals surface area contributed by atoms with Gasteiger partial charge in [0.25, 0.3) is 0 Å². The highest BCUT2D eigenvalue weighted by Gasteiger charge is 2.14. The van der Waals surface area contributed by atoms with Crippen LogP contribution in [0.15, 0.2) is 23.2 Å². The van der Waals surface area contributed by atoms with Gasteiger partial charge in [0.1, 0.15) is 0 Å². The Morgan fingerprint density at radius 1 is 1.20 bits per heavy atom. The monoisotopic (exact) mass is 462 g/mol. The topological polar surface area (TPSA) is 49.3 Å². The molecule has 1 heterocycles. The molecule has 1 N–H and O–H groups in total. The predicted molar refractivity (Wildman–Crippen MR) is 113 cm³/mol. The van der Waals surface area contributed by atoms with E-state index in [0.717, 1.165) is 43.6 Å². The molecule has 0 spiro atoms. The Kier molecular flexibility index (Phi) is 9.96. The van der Waals surface area contributed by atoms with Crippen molar-refractivity contribution < 1.29 is 9.47 Å². The van der Waals surface area contributed by atoms with Crippen molar-refractivity contribution in [1.29, 1.82) is 0 Å². The van der Waals surface area contributed by atoms with Crippen LogP contribution in [0.5, 0.6) is 11.5 Å². The molecule has 6 nitrogen and oxygen atoms in total. The number of hydrogen-bond acceptors (Lipinski definition) is 4. The summed E-state index contributed by atoms with van der Waals surface area (Å²) in [6.45, 7) is 6.34. The number of hydrogen-bond donors (Lipinski definition) is 1. The molecule has 0 aromatic heterocycles. The second kappa shape index (κ2) is 11.4. The Morgan fingerprint density at radius 3 is 2.68 bits per heavy atom. The highest BCUT2D eigenvalue weighted by Crippen LogP contribution is 2.32. The van der Waals surface area contributed by atoms with E-state index in [1.54, 1.807) is 0 Å². The molecule has 0 saturated heterocycles. The summed E-state index contributed by atoms with van der Waals surface area (Å²) in [7, 11) is 6.02. The van der Waals surface area contributed by atoms with Gasteiger partial charge in [0.2, 0.25) is 6.79 Å².